The molecule has 0 unspecified atom stereocenters. The van der Waals surface area contributed by atoms with Crippen molar-refractivity contribution < 1.29 is 4.58 Å². The molecular formula is C19H42N3+. The van der Waals surface area contributed by atoms with Crippen LogP contribution in [0.2, 0.25) is 0 Å². The predicted octanol–water partition coefficient (Wildman–Crippen LogP) is 4.42. The highest BCUT2D eigenvalue weighted by atomic mass is 15.4. The lowest BCUT2D eigenvalue weighted by molar-refractivity contribution is -0.535. The monoisotopic (exact) mass is 312 g/mol. The molecule has 0 radical (unpaired) electrons. The molecule has 0 amide bonds. The van der Waals surface area contributed by atoms with E-state index in [-0.39, 0.29) is 0 Å². The van der Waals surface area contributed by atoms with E-state index >= 15 is 0 Å². The number of hydrogen-bond donors (Lipinski definition) is 0. The second-order valence-electron chi connectivity index (χ2n) is 6.10. The zero-order valence-corrected chi connectivity index (χ0v) is 16.3. The number of guanidine groups is 1. The summed E-state index contributed by atoms with van der Waals surface area (Å²) in [5.74, 6) is 1.49. The van der Waals surface area contributed by atoms with Gasteiger partial charge in [-0.2, -0.15) is 0 Å². The highest BCUT2D eigenvalue weighted by Crippen LogP contribution is 2.06. The fourth-order valence-electron chi connectivity index (χ4n) is 2.85. The SMILES string of the molecule is CCCCN(CC)C(N(CC)CCCC)=[N+](CC)CCCC. The lowest BCUT2D eigenvalue weighted by atomic mass is 10.3. The Balaban J connectivity index is 5.42. The van der Waals surface area contributed by atoms with Gasteiger partial charge in [-0.15, -0.1) is 0 Å². The molecule has 0 fully saturated rings. The molecule has 0 bridgehead atoms. The number of unbranched alkanes of at least 4 members (excludes halogenated alkanes) is 3. The van der Waals surface area contributed by atoms with Crippen LogP contribution in [0.15, 0.2) is 0 Å². The Morgan fingerprint density at radius 3 is 1.45 bits per heavy atom. The van der Waals surface area contributed by atoms with Gasteiger partial charge in [-0.1, -0.05) is 40.0 Å². The van der Waals surface area contributed by atoms with Crippen molar-refractivity contribution >= 4 is 5.96 Å². The van der Waals surface area contributed by atoms with Gasteiger partial charge >= 0.3 is 5.96 Å². The Kier molecular flexibility index (Phi) is 13.4. The van der Waals surface area contributed by atoms with E-state index in [1.807, 2.05) is 0 Å². The van der Waals surface area contributed by atoms with Crippen LogP contribution in [0.3, 0.4) is 0 Å². The summed E-state index contributed by atoms with van der Waals surface area (Å²) in [7, 11) is 0. The summed E-state index contributed by atoms with van der Waals surface area (Å²) < 4.78 is 2.61. The van der Waals surface area contributed by atoms with Gasteiger partial charge in [0.2, 0.25) is 0 Å². The van der Waals surface area contributed by atoms with Crippen LogP contribution in [0.25, 0.3) is 0 Å². The molecule has 0 aromatic carbocycles. The fraction of sp³-hybridized carbons (Fsp3) is 0.947. The second-order valence-corrected chi connectivity index (χ2v) is 6.10. The van der Waals surface area contributed by atoms with Crippen molar-refractivity contribution in [3.8, 4) is 0 Å². The molecule has 0 aliphatic heterocycles. The predicted molar refractivity (Wildman–Crippen MR) is 99.9 cm³/mol. The molecule has 0 N–H and O–H groups in total. The summed E-state index contributed by atoms with van der Waals surface area (Å²) in [5.41, 5.74) is 0. The molecule has 0 saturated heterocycles. The molecule has 0 heterocycles. The molecule has 0 spiro atoms. The molecule has 3 heteroatoms. The summed E-state index contributed by atoms with van der Waals surface area (Å²) in [6.07, 6.45) is 7.67. The first-order valence-corrected chi connectivity index (χ1v) is 9.81. The maximum absolute atomic E-state index is 2.61. The Morgan fingerprint density at radius 2 is 1.14 bits per heavy atom. The van der Waals surface area contributed by atoms with E-state index < -0.39 is 0 Å². The maximum atomic E-state index is 2.61. The summed E-state index contributed by atoms with van der Waals surface area (Å²) in [5, 5.41) is 0. The Hall–Kier alpha value is -0.730. The molecule has 3 nitrogen and oxygen atoms in total. The summed E-state index contributed by atoms with van der Waals surface area (Å²) >= 11 is 0. The van der Waals surface area contributed by atoms with Crippen molar-refractivity contribution in [2.45, 2.75) is 80.1 Å². The molecule has 0 aromatic heterocycles. The molecule has 0 rings (SSSR count). The van der Waals surface area contributed by atoms with E-state index in [9.17, 15) is 0 Å². The van der Waals surface area contributed by atoms with Gasteiger partial charge in [0.05, 0.1) is 39.3 Å². The van der Waals surface area contributed by atoms with Crippen LogP contribution in [-0.4, -0.2) is 59.6 Å². The highest BCUT2D eigenvalue weighted by molar-refractivity contribution is 5.75. The van der Waals surface area contributed by atoms with Gasteiger partial charge in [0.1, 0.15) is 0 Å². The van der Waals surface area contributed by atoms with Gasteiger partial charge in [0.25, 0.3) is 0 Å². The third kappa shape index (κ3) is 7.51. The smallest absolute Gasteiger partial charge is 0.265 e. The number of hydrogen-bond acceptors (Lipinski definition) is 0. The zero-order chi connectivity index (χ0) is 16.8. The summed E-state index contributed by atoms with van der Waals surface area (Å²) in [6, 6.07) is 0. The van der Waals surface area contributed by atoms with Crippen molar-refractivity contribution in [3.05, 3.63) is 0 Å². The minimum atomic E-state index is 1.11. The van der Waals surface area contributed by atoms with Crippen LogP contribution in [-0.2, 0) is 0 Å². The third-order valence-electron chi connectivity index (χ3n) is 4.34. The van der Waals surface area contributed by atoms with Crippen molar-refractivity contribution in [2.24, 2.45) is 0 Å². The van der Waals surface area contributed by atoms with Crippen LogP contribution in [0.5, 0.6) is 0 Å². The average molecular weight is 313 g/mol. The molecule has 0 aliphatic carbocycles. The largest absolute Gasteiger partial charge is 0.350 e. The van der Waals surface area contributed by atoms with Crippen LogP contribution in [0.4, 0.5) is 0 Å². The van der Waals surface area contributed by atoms with Crippen LogP contribution < -0.4 is 0 Å². The number of nitrogens with zero attached hydrogens (tertiary/aromatic N) is 3. The normalized spacial score (nSPS) is 10.6. The lowest BCUT2D eigenvalue weighted by Crippen LogP contribution is -2.50. The first kappa shape index (κ1) is 21.3. The van der Waals surface area contributed by atoms with E-state index in [2.05, 4.69) is 55.9 Å². The van der Waals surface area contributed by atoms with Crippen molar-refractivity contribution in [2.75, 3.05) is 39.3 Å². The second kappa shape index (κ2) is 13.9. The zero-order valence-electron chi connectivity index (χ0n) is 16.3. The van der Waals surface area contributed by atoms with Crippen LogP contribution >= 0.6 is 0 Å². The van der Waals surface area contributed by atoms with Crippen molar-refractivity contribution in [1.29, 1.82) is 0 Å². The Labute approximate surface area is 140 Å². The van der Waals surface area contributed by atoms with E-state index in [0.717, 1.165) is 19.6 Å². The Bertz CT molecular complexity index is 268. The molecule has 0 atom stereocenters. The average Bonchev–Trinajstić information content (AvgIpc) is 2.55. The van der Waals surface area contributed by atoms with Gasteiger partial charge in [0.15, 0.2) is 0 Å². The van der Waals surface area contributed by atoms with Crippen molar-refractivity contribution in [1.82, 2.24) is 9.80 Å². The maximum Gasteiger partial charge on any atom is 0.350 e. The molecule has 0 saturated carbocycles. The first-order chi connectivity index (χ1) is 10.7. The standard InChI is InChI=1S/C19H42N3/c1-7-13-16-20(10-4)19(21(11-5)17-14-8-2)22(12-6)18-15-9-3/h7-18H2,1-6H3/q+1. The van der Waals surface area contributed by atoms with Gasteiger partial charge in [0, 0.05) is 0 Å². The minimum absolute atomic E-state index is 1.11. The van der Waals surface area contributed by atoms with Gasteiger partial charge < -0.3 is 0 Å². The third-order valence-corrected chi connectivity index (χ3v) is 4.34. The van der Waals surface area contributed by atoms with E-state index in [1.54, 1.807) is 0 Å². The van der Waals surface area contributed by atoms with E-state index in [1.165, 1.54) is 64.1 Å². The topological polar surface area (TPSA) is 9.49 Å². The molecule has 132 valence electrons. The fourth-order valence-corrected chi connectivity index (χ4v) is 2.85. The summed E-state index contributed by atoms with van der Waals surface area (Å²) in [6.45, 7) is 20.7. The van der Waals surface area contributed by atoms with Crippen LogP contribution in [0, 0.1) is 0 Å². The molecule has 22 heavy (non-hydrogen) atoms. The van der Waals surface area contributed by atoms with E-state index in [4.69, 9.17) is 0 Å². The number of rotatable bonds is 12. The first-order valence-electron chi connectivity index (χ1n) is 9.81. The quantitative estimate of drug-likeness (QED) is 0.300. The molecule has 0 aromatic rings. The highest BCUT2D eigenvalue weighted by Gasteiger charge is 2.26. The van der Waals surface area contributed by atoms with Gasteiger partial charge in [-0.3, -0.25) is 14.4 Å². The summed E-state index contributed by atoms with van der Waals surface area (Å²) in [4.78, 5) is 5.23. The minimum Gasteiger partial charge on any atom is -0.265 e. The van der Waals surface area contributed by atoms with Crippen molar-refractivity contribution in [3.63, 3.8) is 0 Å². The van der Waals surface area contributed by atoms with Crippen LogP contribution in [0.1, 0.15) is 80.1 Å². The van der Waals surface area contributed by atoms with Gasteiger partial charge in [-0.25, -0.2) is 0 Å². The molecule has 0 aliphatic rings. The lowest BCUT2D eigenvalue weighted by Gasteiger charge is -2.29. The Morgan fingerprint density at radius 1 is 0.682 bits per heavy atom. The molecular weight excluding hydrogens is 270 g/mol. The van der Waals surface area contributed by atoms with E-state index in [0.29, 0.717) is 0 Å². The van der Waals surface area contributed by atoms with Gasteiger partial charge in [-0.05, 0) is 40.0 Å².